The van der Waals surface area contributed by atoms with Crippen LogP contribution in [0, 0.1) is 5.92 Å². The highest BCUT2D eigenvalue weighted by Gasteiger charge is 2.09. The van der Waals surface area contributed by atoms with E-state index in [0.29, 0.717) is 18.2 Å². The van der Waals surface area contributed by atoms with Gasteiger partial charge in [-0.25, -0.2) is 4.79 Å². The Morgan fingerprint density at radius 2 is 2.00 bits per heavy atom. The topological polar surface area (TPSA) is 84.2 Å². The number of hydrogen-bond acceptors (Lipinski definition) is 4. The number of thioether (sulfide) groups is 1. The van der Waals surface area contributed by atoms with Gasteiger partial charge in [-0.1, -0.05) is 26.0 Å². The Bertz CT molecular complexity index is 449. The molecule has 0 saturated carbocycles. The van der Waals surface area contributed by atoms with Crippen LogP contribution >= 0.6 is 11.8 Å². The summed E-state index contributed by atoms with van der Waals surface area (Å²) in [5, 5.41) is 4.89. The minimum atomic E-state index is -0.458. The molecule has 0 aromatic heterocycles. The van der Waals surface area contributed by atoms with Gasteiger partial charge >= 0.3 is 6.03 Å². The zero-order valence-electron chi connectivity index (χ0n) is 11.1. The molecule has 0 aliphatic heterocycles. The number of carbonyl (C=O) groups excluding carboxylic acids is 2. The van der Waals surface area contributed by atoms with Crippen LogP contribution in [-0.2, 0) is 4.79 Å². The third-order valence-corrected chi connectivity index (χ3v) is 3.29. The normalized spacial score (nSPS) is 10.3. The quantitative estimate of drug-likeness (QED) is 0.568. The van der Waals surface area contributed by atoms with Crippen molar-refractivity contribution in [2.45, 2.75) is 18.7 Å². The molecule has 0 heterocycles. The van der Waals surface area contributed by atoms with Crippen LogP contribution in [0.25, 0.3) is 0 Å². The fourth-order valence-electron chi connectivity index (χ4n) is 1.26. The predicted octanol–water partition coefficient (Wildman–Crippen LogP) is 1.84. The second-order valence-electron chi connectivity index (χ2n) is 4.48. The summed E-state index contributed by atoms with van der Waals surface area (Å²) in [4.78, 5) is 23.7. The first-order valence-corrected chi connectivity index (χ1v) is 7.02. The standard InChI is InChI=1S/C13H19N3O2S/c1-9(2)7-15-13(18)16-12(17)8-19-11-6-4-3-5-10(11)14/h3-6,9H,7-8,14H2,1-2H3,(H2,15,16,17,18). The average Bonchev–Trinajstić information content (AvgIpc) is 2.35. The summed E-state index contributed by atoms with van der Waals surface area (Å²) in [5.41, 5.74) is 6.39. The van der Waals surface area contributed by atoms with Crippen LogP contribution in [0.1, 0.15) is 13.8 Å². The number of imide groups is 1. The number of nitrogen functional groups attached to an aromatic ring is 1. The van der Waals surface area contributed by atoms with Crippen molar-refractivity contribution >= 4 is 29.4 Å². The van der Waals surface area contributed by atoms with E-state index in [1.807, 2.05) is 32.0 Å². The highest BCUT2D eigenvalue weighted by atomic mass is 32.2. The summed E-state index contributed by atoms with van der Waals surface area (Å²) in [5.74, 6) is 0.164. The van der Waals surface area contributed by atoms with Crippen molar-refractivity contribution in [2.24, 2.45) is 5.92 Å². The number of para-hydroxylation sites is 1. The van der Waals surface area contributed by atoms with E-state index in [2.05, 4.69) is 10.6 Å². The fraction of sp³-hybridized carbons (Fsp3) is 0.385. The summed E-state index contributed by atoms with van der Waals surface area (Å²) in [6.07, 6.45) is 0. The van der Waals surface area contributed by atoms with E-state index in [4.69, 9.17) is 5.73 Å². The van der Waals surface area contributed by atoms with Crippen LogP contribution in [0.3, 0.4) is 0 Å². The van der Waals surface area contributed by atoms with Crippen LogP contribution in [0.2, 0.25) is 0 Å². The van der Waals surface area contributed by atoms with Crippen LogP contribution in [-0.4, -0.2) is 24.2 Å². The number of nitrogens with two attached hydrogens (primary N) is 1. The van der Waals surface area contributed by atoms with Gasteiger partial charge in [-0.15, -0.1) is 11.8 Å². The second kappa shape index (κ2) is 7.68. The monoisotopic (exact) mass is 281 g/mol. The molecule has 1 aromatic rings. The molecular formula is C13H19N3O2S. The lowest BCUT2D eigenvalue weighted by Crippen LogP contribution is -2.41. The molecule has 0 aliphatic rings. The van der Waals surface area contributed by atoms with Gasteiger partial charge < -0.3 is 11.1 Å². The van der Waals surface area contributed by atoms with E-state index >= 15 is 0 Å². The zero-order chi connectivity index (χ0) is 14.3. The largest absolute Gasteiger partial charge is 0.398 e. The highest BCUT2D eigenvalue weighted by molar-refractivity contribution is 8.00. The molecule has 0 spiro atoms. The maximum atomic E-state index is 11.5. The highest BCUT2D eigenvalue weighted by Crippen LogP contribution is 2.23. The molecule has 0 atom stereocenters. The third-order valence-electron chi connectivity index (χ3n) is 2.20. The Balaban J connectivity index is 2.32. The van der Waals surface area contributed by atoms with Gasteiger partial charge in [0.25, 0.3) is 0 Å². The van der Waals surface area contributed by atoms with Gasteiger partial charge in [0, 0.05) is 17.1 Å². The predicted molar refractivity (Wildman–Crippen MR) is 78.0 cm³/mol. The van der Waals surface area contributed by atoms with Gasteiger partial charge in [-0.05, 0) is 18.1 Å². The van der Waals surface area contributed by atoms with Gasteiger partial charge in [0.2, 0.25) is 5.91 Å². The molecule has 0 aliphatic carbocycles. The van der Waals surface area contributed by atoms with Gasteiger partial charge in [0.05, 0.1) is 5.75 Å². The number of hydrogen-bond donors (Lipinski definition) is 3. The van der Waals surface area contributed by atoms with Crippen molar-refractivity contribution in [1.82, 2.24) is 10.6 Å². The van der Waals surface area contributed by atoms with E-state index in [0.717, 1.165) is 4.90 Å². The molecule has 0 fully saturated rings. The van der Waals surface area contributed by atoms with Gasteiger partial charge in [-0.2, -0.15) is 0 Å². The summed E-state index contributed by atoms with van der Waals surface area (Å²) >= 11 is 1.30. The van der Waals surface area contributed by atoms with E-state index in [1.54, 1.807) is 6.07 Å². The number of urea groups is 1. The summed E-state index contributed by atoms with van der Waals surface area (Å²) in [7, 11) is 0. The molecular weight excluding hydrogens is 262 g/mol. The minimum absolute atomic E-state index is 0.156. The van der Waals surface area contributed by atoms with Crippen LogP contribution in [0.4, 0.5) is 10.5 Å². The van der Waals surface area contributed by atoms with Crippen molar-refractivity contribution in [1.29, 1.82) is 0 Å². The van der Waals surface area contributed by atoms with Crippen molar-refractivity contribution in [2.75, 3.05) is 18.0 Å². The SMILES string of the molecule is CC(C)CNC(=O)NC(=O)CSc1ccccc1N. The maximum absolute atomic E-state index is 11.5. The van der Waals surface area contributed by atoms with Gasteiger partial charge in [0.1, 0.15) is 0 Å². The first kappa shape index (κ1) is 15.4. The Labute approximate surface area is 117 Å². The van der Waals surface area contributed by atoms with Gasteiger partial charge in [0.15, 0.2) is 0 Å². The molecule has 0 radical (unpaired) electrons. The maximum Gasteiger partial charge on any atom is 0.321 e. The molecule has 6 heteroatoms. The minimum Gasteiger partial charge on any atom is -0.398 e. The summed E-state index contributed by atoms with van der Waals surface area (Å²) in [6, 6.07) is 6.84. The van der Waals surface area contributed by atoms with Crippen LogP contribution < -0.4 is 16.4 Å². The van der Waals surface area contributed by atoms with Crippen LogP contribution in [0.15, 0.2) is 29.2 Å². The Hall–Kier alpha value is -1.69. The molecule has 4 N–H and O–H groups in total. The lowest BCUT2D eigenvalue weighted by Gasteiger charge is -2.08. The number of nitrogens with one attached hydrogen (secondary N) is 2. The van der Waals surface area contributed by atoms with Crippen molar-refractivity contribution in [3.8, 4) is 0 Å². The van der Waals surface area contributed by atoms with E-state index in [1.165, 1.54) is 11.8 Å². The number of rotatable bonds is 5. The molecule has 5 nitrogen and oxygen atoms in total. The molecule has 0 saturated heterocycles. The van der Waals surface area contributed by atoms with Crippen LogP contribution in [0.5, 0.6) is 0 Å². The van der Waals surface area contributed by atoms with Crippen molar-refractivity contribution in [3.63, 3.8) is 0 Å². The molecule has 0 bridgehead atoms. The molecule has 19 heavy (non-hydrogen) atoms. The summed E-state index contributed by atoms with van der Waals surface area (Å²) in [6.45, 7) is 4.50. The Kier molecular flexibility index (Phi) is 6.21. The lowest BCUT2D eigenvalue weighted by atomic mass is 10.2. The smallest absolute Gasteiger partial charge is 0.321 e. The molecule has 1 rings (SSSR count). The van der Waals surface area contributed by atoms with Crippen molar-refractivity contribution < 1.29 is 9.59 Å². The third kappa shape index (κ3) is 6.15. The average molecular weight is 281 g/mol. The fourth-order valence-corrected chi connectivity index (χ4v) is 2.03. The second-order valence-corrected chi connectivity index (χ2v) is 5.50. The summed E-state index contributed by atoms with van der Waals surface area (Å²) < 4.78 is 0. The zero-order valence-corrected chi connectivity index (χ0v) is 11.9. The van der Waals surface area contributed by atoms with Crippen molar-refractivity contribution in [3.05, 3.63) is 24.3 Å². The number of carbonyl (C=O) groups is 2. The van der Waals surface area contributed by atoms with Gasteiger partial charge in [-0.3, -0.25) is 10.1 Å². The van der Waals surface area contributed by atoms with E-state index in [9.17, 15) is 9.59 Å². The number of amides is 3. The van der Waals surface area contributed by atoms with E-state index < -0.39 is 6.03 Å². The molecule has 0 unspecified atom stereocenters. The Morgan fingerprint density at radius 1 is 1.32 bits per heavy atom. The first-order chi connectivity index (χ1) is 8.99. The molecule has 104 valence electrons. The molecule has 3 amide bonds. The Morgan fingerprint density at radius 3 is 2.63 bits per heavy atom. The number of benzene rings is 1. The number of anilines is 1. The molecule has 1 aromatic carbocycles. The van der Waals surface area contributed by atoms with E-state index in [-0.39, 0.29) is 11.7 Å². The lowest BCUT2D eigenvalue weighted by molar-refractivity contribution is -0.117. The first-order valence-electron chi connectivity index (χ1n) is 6.04.